The lowest BCUT2D eigenvalue weighted by Gasteiger charge is -2.23. The molecule has 174 valence electrons. The predicted molar refractivity (Wildman–Crippen MR) is 133 cm³/mol. The highest BCUT2D eigenvalue weighted by Crippen LogP contribution is 2.30. The van der Waals surface area contributed by atoms with Gasteiger partial charge in [0, 0.05) is 58.3 Å². The van der Waals surface area contributed by atoms with Gasteiger partial charge in [-0.3, -0.25) is 4.99 Å². The van der Waals surface area contributed by atoms with Gasteiger partial charge < -0.3 is 25.1 Å². The van der Waals surface area contributed by atoms with E-state index in [0.29, 0.717) is 5.92 Å². The molecule has 0 radical (unpaired) electrons. The van der Waals surface area contributed by atoms with Gasteiger partial charge in [-0.2, -0.15) is 0 Å². The fourth-order valence-electron chi connectivity index (χ4n) is 3.90. The lowest BCUT2D eigenvalue weighted by Crippen LogP contribution is -2.27. The number of rotatable bonds is 10. The molecular weight excluding hydrogens is 402 g/mol. The van der Waals surface area contributed by atoms with Crippen molar-refractivity contribution in [2.24, 2.45) is 10.9 Å². The van der Waals surface area contributed by atoms with Crippen LogP contribution >= 0.6 is 0 Å². The molecule has 7 nitrogen and oxygen atoms in total. The molecule has 3 rings (SSSR count). The quantitative estimate of drug-likeness (QED) is 0.512. The van der Waals surface area contributed by atoms with Crippen LogP contribution in [0.5, 0.6) is 0 Å². The molecule has 2 atom stereocenters. The molecule has 1 aromatic rings. The van der Waals surface area contributed by atoms with Crippen LogP contribution in [0.15, 0.2) is 58.6 Å². The van der Waals surface area contributed by atoms with E-state index in [9.17, 15) is 0 Å². The Hall–Kier alpha value is -2.93. The van der Waals surface area contributed by atoms with Crippen molar-refractivity contribution < 1.29 is 9.47 Å². The number of ether oxygens (including phenoxy) is 2. The molecule has 2 unspecified atom stereocenters. The predicted octanol–water partition coefficient (Wildman–Crippen LogP) is 4.77. The van der Waals surface area contributed by atoms with Crippen LogP contribution in [0.4, 0.5) is 17.1 Å². The molecule has 0 amide bonds. The van der Waals surface area contributed by atoms with E-state index < -0.39 is 0 Å². The molecule has 0 saturated carbocycles. The van der Waals surface area contributed by atoms with Crippen molar-refractivity contribution in [1.82, 2.24) is 10.0 Å². The van der Waals surface area contributed by atoms with E-state index in [0.717, 1.165) is 54.4 Å². The van der Waals surface area contributed by atoms with Crippen molar-refractivity contribution >= 4 is 23.3 Å². The summed E-state index contributed by atoms with van der Waals surface area (Å²) in [6, 6.07) is 6.32. The summed E-state index contributed by atoms with van der Waals surface area (Å²) in [7, 11) is 9.49. The average Bonchev–Trinajstić information content (AvgIpc) is 3.13. The van der Waals surface area contributed by atoms with Gasteiger partial charge in [-0.25, -0.2) is 5.01 Å². The van der Waals surface area contributed by atoms with Crippen LogP contribution in [0.25, 0.3) is 0 Å². The van der Waals surface area contributed by atoms with Crippen LogP contribution in [-0.4, -0.2) is 64.2 Å². The number of aliphatic imine (C=N–C) groups is 1. The molecule has 2 N–H and O–H groups in total. The molecule has 1 heterocycles. The number of benzene rings is 1. The summed E-state index contributed by atoms with van der Waals surface area (Å²) >= 11 is 0. The van der Waals surface area contributed by atoms with Gasteiger partial charge in [-0.15, -0.1) is 0 Å². The van der Waals surface area contributed by atoms with Gasteiger partial charge in [0.1, 0.15) is 11.5 Å². The Kier molecular flexibility index (Phi) is 8.22. The normalized spacial score (nSPS) is 20.0. The Morgan fingerprint density at radius 3 is 2.72 bits per heavy atom. The Balaban J connectivity index is 1.59. The fourth-order valence-corrected chi connectivity index (χ4v) is 3.90. The van der Waals surface area contributed by atoms with Gasteiger partial charge in [0.2, 0.25) is 0 Å². The largest absolute Gasteiger partial charge is 0.501 e. The molecule has 1 aromatic carbocycles. The third-order valence-electron chi connectivity index (χ3n) is 5.93. The first-order valence-corrected chi connectivity index (χ1v) is 11.2. The monoisotopic (exact) mass is 439 g/mol. The van der Waals surface area contributed by atoms with Gasteiger partial charge in [-0.05, 0) is 48.6 Å². The summed E-state index contributed by atoms with van der Waals surface area (Å²) in [5, 5.41) is 11.2. The van der Waals surface area contributed by atoms with E-state index in [1.165, 1.54) is 5.57 Å². The Morgan fingerprint density at radius 1 is 1.25 bits per heavy atom. The van der Waals surface area contributed by atoms with Crippen molar-refractivity contribution in [1.29, 1.82) is 0 Å². The molecule has 0 saturated heterocycles. The summed E-state index contributed by atoms with van der Waals surface area (Å²) in [5.41, 5.74) is 4.44. The molecule has 0 fully saturated rings. The van der Waals surface area contributed by atoms with Gasteiger partial charge >= 0.3 is 0 Å². The van der Waals surface area contributed by atoms with Crippen LogP contribution < -0.4 is 10.6 Å². The number of nitrogens with zero attached hydrogens (tertiary/aromatic N) is 3. The van der Waals surface area contributed by atoms with Crippen molar-refractivity contribution in [3.05, 3.63) is 53.6 Å². The number of methoxy groups -OCH3 is 2. The highest BCUT2D eigenvalue weighted by molar-refractivity contribution is 5.76. The standard InChI is InChI=1S/C25H37N5O2/c1-18(7-8-19-16-29(3)30(4)17-19)15-27-24-10-9-20(13-25(24)26-2)28-21-11-22(31-5)14-23(12-21)32-6/h9-11,13-16,18,21,26,28H,7-8,12,17H2,1-6H3. The van der Waals surface area contributed by atoms with Gasteiger partial charge in [-0.1, -0.05) is 6.92 Å². The summed E-state index contributed by atoms with van der Waals surface area (Å²) in [6.45, 7) is 3.24. The van der Waals surface area contributed by atoms with E-state index in [4.69, 9.17) is 14.5 Å². The minimum Gasteiger partial charge on any atom is -0.501 e. The molecule has 1 aliphatic heterocycles. The first-order chi connectivity index (χ1) is 15.4. The summed E-state index contributed by atoms with van der Waals surface area (Å²) in [5.74, 6) is 2.12. The molecule has 0 spiro atoms. The van der Waals surface area contributed by atoms with Gasteiger partial charge in [0.15, 0.2) is 0 Å². The number of hydrogen-bond acceptors (Lipinski definition) is 7. The van der Waals surface area contributed by atoms with Crippen LogP contribution in [0.2, 0.25) is 0 Å². The van der Waals surface area contributed by atoms with Gasteiger partial charge in [0.25, 0.3) is 0 Å². The molecule has 0 aromatic heterocycles. The number of hydrazine groups is 1. The van der Waals surface area contributed by atoms with Crippen LogP contribution in [0.3, 0.4) is 0 Å². The lowest BCUT2D eigenvalue weighted by molar-refractivity contribution is 0.116. The second kappa shape index (κ2) is 11.1. The third-order valence-corrected chi connectivity index (χ3v) is 5.93. The van der Waals surface area contributed by atoms with E-state index in [1.54, 1.807) is 14.2 Å². The van der Waals surface area contributed by atoms with E-state index >= 15 is 0 Å². The molecule has 2 aliphatic rings. The van der Waals surface area contributed by atoms with E-state index in [1.807, 2.05) is 13.1 Å². The minimum atomic E-state index is 0.104. The van der Waals surface area contributed by atoms with Crippen LogP contribution in [0, 0.1) is 5.92 Å². The van der Waals surface area contributed by atoms with Crippen molar-refractivity contribution in [2.75, 3.05) is 52.5 Å². The molecule has 0 bridgehead atoms. The minimum absolute atomic E-state index is 0.104. The average molecular weight is 440 g/mol. The van der Waals surface area contributed by atoms with E-state index in [-0.39, 0.29) is 6.04 Å². The van der Waals surface area contributed by atoms with E-state index in [2.05, 4.69) is 78.4 Å². The number of likely N-dealkylation sites (N-methyl/N-ethyl adjacent to an activating group) is 1. The van der Waals surface area contributed by atoms with Crippen molar-refractivity contribution in [3.8, 4) is 0 Å². The zero-order valence-electron chi connectivity index (χ0n) is 20.2. The lowest BCUT2D eigenvalue weighted by atomic mass is 10.0. The van der Waals surface area contributed by atoms with Gasteiger partial charge in [0.05, 0.1) is 31.6 Å². The van der Waals surface area contributed by atoms with Crippen LogP contribution in [-0.2, 0) is 9.47 Å². The molecule has 1 aliphatic carbocycles. The number of nitrogens with one attached hydrogen (secondary N) is 2. The second-order valence-electron chi connectivity index (χ2n) is 8.50. The topological polar surface area (TPSA) is 61.4 Å². The smallest absolute Gasteiger partial charge is 0.120 e. The summed E-state index contributed by atoms with van der Waals surface area (Å²) in [6.07, 6.45) is 11.3. The molecule has 32 heavy (non-hydrogen) atoms. The molecule has 7 heteroatoms. The van der Waals surface area contributed by atoms with Crippen molar-refractivity contribution in [2.45, 2.75) is 32.2 Å². The van der Waals surface area contributed by atoms with Crippen LogP contribution in [0.1, 0.15) is 26.2 Å². The summed E-state index contributed by atoms with van der Waals surface area (Å²) < 4.78 is 10.8. The number of hydrogen-bond donors (Lipinski definition) is 2. The Morgan fingerprint density at radius 2 is 2.06 bits per heavy atom. The zero-order valence-corrected chi connectivity index (χ0v) is 20.2. The first kappa shape index (κ1) is 23.7. The second-order valence-corrected chi connectivity index (χ2v) is 8.50. The SMILES string of the molecule is CNc1cc(NC2C=C(OC)C=C(OC)C2)ccc1N=CC(C)CCC1=CN(C)N(C)C1. The highest BCUT2D eigenvalue weighted by atomic mass is 16.5. The maximum atomic E-state index is 5.43. The third kappa shape index (κ3) is 6.29. The Bertz CT molecular complexity index is 906. The Labute approximate surface area is 192 Å². The maximum absolute atomic E-state index is 5.43. The number of anilines is 2. The fraction of sp³-hybridized carbons (Fsp3) is 0.480. The maximum Gasteiger partial charge on any atom is 0.120 e. The summed E-state index contributed by atoms with van der Waals surface area (Å²) in [4.78, 5) is 4.77. The van der Waals surface area contributed by atoms with Crippen molar-refractivity contribution in [3.63, 3.8) is 0 Å². The molecular formula is C25H37N5O2. The first-order valence-electron chi connectivity index (χ1n) is 11.2. The number of allylic oxidation sites excluding steroid dienone is 1. The zero-order chi connectivity index (χ0) is 23.1. The highest BCUT2D eigenvalue weighted by Gasteiger charge is 2.17.